The first-order valence-electron chi connectivity index (χ1n) is 8.04. The van der Waals surface area contributed by atoms with Crippen LogP contribution in [0.2, 0.25) is 0 Å². The van der Waals surface area contributed by atoms with Gasteiger partial charge in [0.25, 0.3) is 0 Å². The van der Waals surface area contributed by atoms with Gasteiger partial charge in [-0.2, -0.15) is 0 Å². The quantitative estimate of drug-likeness (QED) is 0.780. The topological polar surface area (TPSA) is 93.8 Å². The minimum Gasteiger partial charge on any atom is -0.408 e. The third-order valence-corrected chi connectivity index (χ3v) is 4.10. The van der Waals surface area contributed by atoms with E-state index >= 15 is 0 Å². The van der Waals surface area contributed by atoms with Crippen LogP contribution in [-0.2, 0) is 21.4 Å². The van der Waals surface area contributed by atoms with E-state index in [0.717, 1.165) is 0 Å². The van der Waals surface area contributed by atoms with Crippen LogP contribution >= 0.6 is 0 Å². The Kier molecular flexibility index (Phi) is 4.16. The number of carbonyl (C=O) groups is 2. The fourth-order valence-corrected chi connectivity index (χ4v) is 3.15. The van der Waals surface area contributed by atoms with E-state index in [0.29, 0.717) is 29.9 Å². The number of carbonyl (C=O) groups excluding carboxylic acids is 2. The third-order valence-electron chi connectivity index (χ3n) is 4.10. The minimum absolute atomic E-state index is 0.143. The number of benzene rings is 1. The van der Waals surface area contributed by atoms with E-state index < -0.39 is 23.2 Å². The van der Waals surface area contributed by atoms with E-state index in [1.807, 2.05) is 20.8 Å². The zero-order valence-electron chi connectivity index (χ0n) is 14.7. The molecule has 0 unspecified atom stereocenters. The van der Waals surface area contributed by atoms with Gasteiger partial charge in [0.2, 0.25) is 0 Å². The smallest absolute Gasteiger partial charge is 0.408 e. The van der Waals surface area contributed by atoms with Crippen LogP contribution in [0.3, 0.4) is 0 Å². The number of nitrogens with zero attached hydrogens (tertiary/aromatic N) is 2. The second kappa shape index (κ2) is 6.03. The van der Waals surface area contributed by atoms with E-state index in [2.05, 4.69) is 5.32 Å². The molecule has 0 bridgehead atoms. The Morgan fingerprint density at radius 1 is 1.32 bits per heavy atom. The van der Waals surface area contributed by atoms with Crippen LogP contribution < -0.4 is 11.1 Å². The molecule has 0 spiro atoms. The van der Waals surface area contributed by atoms with Crippen LogP contribution in [-0.4, -0.2) is 46.1 Å². The van der Waals surface area contributed by atoms with Crippen molar-refractivity contribution in [1.29, 1.82) is 0 Å². The molecule has 3 rings (SSSR count). The van der Waals surface area contributed by atoms with Crippen molar-refractivity contribution < 1.29 is 18.7 Å². The number of aromatic nitrogens is 1. The number of nitrogens with one attached hydrogen (secondary N) is 1. The Morgan fingerprint density at radius 3 is 2.72 bits per heavy atom. The number of fused-ring (bicyclic) bond motifs is 1. The third kappa shape index (κ3) is 3.43. The Bertz CT molecular complexity index is 895. The molecule has 8 heteroatoms. The minimum atomic E-state index is -0.734. The summed E-state index contributed by atoms with van der Waals surface area (Å²) in [5.74, 6) is -1.83. The summed E-state index contributed by atoms with van der Waals surface area (Å²) in [4.78, 5) is 37.7. The zero-order chi connectivity index (χ0) is 18.4. The lowest BCUT2D eigenvalue weighted by Crippen LogP contribution is -2.56. The molecule has 1 aromatic heterocycles. The number of anilines is 1. The van der Waals surface area contributed by atoms with E-state index in [1.165, 1.54) is 15.5 Å². The first-order valence-corrected chi connectivity index (χ1v) is 8.04. The fraction of sp³-hybridized carbons (Fsp3) is 0.471. The second-order valence-electron chi connectivity index (χ2n) is 6.94. The molecule has 1 saturated heterocycles. The van der Waals surface area contributed by atoms with Crippen LogP contribution in [0, 0.1) is 0 Å². The molecule has 8 nitrogen and oxygen atoms in total. The van der Waals surface area contributed by atoms with Crippen LogP contribution in [0.15, 0.2) is 27.4 Å². The van der Waals surface area contributed by atoms with Gasteiger partial charge in [-0.15, -0.1) is 0 Å². The summed E-state index contributed by atoms with van der Waals surface area (Å²) in [7, 11) is 1.59. The molecule has 0 aliphatic carbocycles. The lowest BCUT2D eigenvalue weighted by atomic mass is 10.1. The van der Waals surface area contributed by atoms with Crippen molar-refractivity contribution in [3.05, 3.63) is 28.7 Å². The van der Waals surface area contributed by atoms with Crippen molar-refractivity contribution in [2.24, 2.45) is 7.05 Å². The molecular weight excluding hydrogens is 326 g/mol. The number of amides is 2. The highest BCUT2D eigenvalue weighted by Gasteiger charge is 2.35. The van der Waals surface area contributed by atoms with Gasteiger partial charge < -0.3 is 19.4 Å². The highest BCUT2D eigenvalue weighted by atomic mass is 16.5. The summed E-state index contributed by atoms with van der Waals surface area (Å²) in [6, 6.07) is 4.79. The van der Waals surface area contributed by atoms with Crippen molar-refractivity contribution in [3.63, 3.8) is 0 Å². The van der Waals surface area contributed by atoms with Gasteiger partial charge in [0.1, 0.15) is 0 Å². The monoisotopic (exact) mass is 347 g/mol. The van der Waals surface area contributed by atoms with Crippen molar-refractivity contribution in [2.75, 3.05) is 18.4 Å². The molecule has 134 valence electrons. The molecule has 1 N–H and O–H groups in total. The van der Waals surface area contributed by atoms with Crippen LogP contribution in [0.5, 0.6) is 0 Å². The average Bonchev–Trinajstić information content (AvgIpc) is 2.78. The Balaban J connectivity index is 1.75. The van der Waals surface area contributed by atoms with Crippen molar-refractivity contribution >= 4 is 28.6 Å². The number of aryl methyl sites for hydroxylation is 1. The highest BCUT2D eigenvalue weighted by molar-refractivity contribution is 6.39. The van der Waals surface area contributed by atoms with Gasteiger partial charge in [0, 0.05) is 31.9 Å². The number of morpholine rings is 1. The number of rotatable bonds is 1. The lowest BCUT2D eigenvalue weighted by Gasteiger charge is -2.41. The van der Waals surface area contributed by atoms with Crippen LogP contribution in [0.25, 0.3) is 11.1 Å². The predicted octanol–water partition coefficient (Wildman–Crippen LogP) is 1.10. The molecule has 1 aliphatic rings. The molecule has 2 aromatic rings. The van der Waals surface area contributed by atoms with Gasteiger partial charge in [0.15, 0.2) is 5.58 Å². The second-order valence-corrected chi connectivity index (χ2v) is 6.94. The average molecular weight is 347 g/mol. The Labute approximate surface area is 144 Å². The first kappa shape index (κ1) is 17.2. The fourth-order valence-electron chi connectivity index (χ4n) is 3.15. The van der Waals surface area contributed by atoms with Crippen molar-refractivity contribution in [2.45, 2.75) is 32.5 Å². The zero-order valence-corrected chi connectivity index (χ0v) is 14.7. The highest BCUT2D eigenvalue weighted by Crippen LogP contribution is 2.22. The van der Waals surface area contributed by atoms with Gasteiger partial charge in [-0.25, -0.2) is 4.79 Å². The first-order chi connectivity index (χ1) is 11.7. The number of hydrogen-bond donors (Lipinski definition) is 1. The number of oxazole rings is 1. The van der Waals surface area contributed by atoms with Crippen LogP contribution in [0.1, 0.15) is 20.8 Å². The summed E-state index contributed by atoms with van der Waals surface area (Å²) in [6.07, 6.45) is -0.143. The van der Waals surface area contributed by atoms with Crippen molar-refractivity contribution in [1.82, 2.24) is 9.47 Å². The van der Waals surface area contributed by atoms with Crippen molar-refractivity contribution in [3.8, 4) is 0 Å². The van der Waals surface area contributed by atoms with Gasteiger partial charge in [0.05, 0.1) is 17.2 Å². The van der Waals surface area contributed by atoms with E-state index in [4.69, 9.17) is 9.15 Å². The predicted molar refractivity (Wildman–Crippen MR) is 91.3 cm³/mol. The molecule has 2 heterocycles. The summed E-state index contributed by atoms with van der Waals surface area (Å²) in [5, 5.41) is 2.56. The summed E-state index contributed by atoms with van der Waals surface area (Å²) in [6.45, 7) is 6.33. The molecule has 1 atom stereocenters. The molecular formula is C17H21N3O5. The molecule has 1 fully saturated rings. The molecule has 1 aromatic carbocycles. The van der Waals surface area contributed by atoms with Gasteiger partial charge in [-0.1, -0.05) is 0 Å². The Hall–Kier alpha value is -2.61. The normalized spacial score (nSPS) is 19.8. The largest absolute Gasteiger partial charge is 0.419 e. The van der Waals surface area contributed by atoms with Crippen LogP contribution in [0.4, 0.5) is 5.69 Å². The summed E-state index contributed by atoms with van der Waals surface area (Å²) < 4.78 is 12.2. The SMILES string of the molecule is C[C@@H]1CN(C(=O)C(=O)Nc2ccc3c(c2)oc(=O)n3C)CC(C)(C)O1. The van der Waals surface area contributed by atoms with Gasteiger partial charge in [-0.3, -0.25) is 14.2 Å². The van der Waals surface area contributed by atoms with E-state index in [-0.39, 0.29) is 6.10 Å². The standard InChI is InChI=1S/C17H21N3O5/c1-10-8-20(9-17(2,3)25-10)15(22)14(21)18-11-5-6-12-13(7-11)24-16(23)19(12)4/h5-7,10H,8-9H2,1-4H3,(H,18,21)/t10-/m1/s1. The summed E-state index contributed by atoms with van der Waals surface area (Å²) in [5.41, 5.74) is 0.845. The Morgan fingerprint density at radius 2 is 2.04 bits per heavy atom. The van der Waals surface area contributed by atoms with E-state index in [1.54, 1.807) is 19.2 Å². The maximum Gasteiger partial charge on any atom is 0.419 e. The van der Waals surface area contributed by atoms with Gasteiger partial charge in [-0.05, 0) is 32.9 Å². The maximum absolute atomic E-state index is 12.4. The van der Waals surface area contributed by atoms with E-state index in [9.17, 15) is 14.4 Å². The number of hydrogen-bond acceptors (Lipinski definition) is 5. The lowest BCUT2D eigenvalue weighted by molar-refractivity contribution is -0.161. The van der Waals surface area contributed by atoms with Gasteiger partial charge >= 0.3 is 17.6 Å². The number of ether oxygens (including phenoxy) is 1. The molecule has 1 aliphatic heterocycles. The molecule has 0 radical (unpaired) electrons. The molecule has 2 amide bonds. The summed E-state index contributed by atoms with van der Waals surface area (Å²) >= 11 is 0. The molecule has 0 saturated carbocycles. The molecule has 25 heavy (non-hydrogen) atoms. The maximum atomic E-state index is 12.4.